The number of methoxy groups -OCH3 is 1. The maximum Gasteiger partial charge on any atom is 0.272 e. The van der Waals surface area contributed by atoms with Crippen LogP contribution in [0.15, 0.2) is 54.0 Å². The molecule has 1 amide bonds. The van der Waals surface area contributed by atoms with Gasteiger partial charge >= 0.3 is 0 Å². The largest absolute Gasteiger partial charge is 0.493 e. The number of ether oxygens (including phenoxy) is 2. The molecular formula is C18H13ClFN5O3. The summed E-state index contributed by atoms with van der Waals surface area (Å²) >= 11 is 5.65. The van der Waals surface area contributed by atoms with Crippen molar-refractivity contribution in [1.29, 1.82) is 0 Å². The Labute approximate surface area is 164 Å². The number of halogens is 2. The van der Waals surface area contributed by atoms with Gasteiger partial charge < -0.3 is 9.47 Å². The monoisotopic (exact) mass is 401 g/mol. The Morgan fingerprint density at radius 2 is 2.14 bits per heavy atom. The Morgan fingerprint density at radius 3 is 2.89 bits per heavy atom. The maximum atomic E-state index is 13.7. The number of hydrogen-bond acceptors (Lipinski definition) is 7. The minimum Gasteiger partial charge on any atom is -0.493 e. The van der Waals surface area contributed by atoms with Crippen molar-refractivity contribution in [2.24, 2.45) is 5.10 Å². The smallest absolute Gasteiger partial charge is 0.272 e. The summed E-state index contributed by atoms with van der Waals surface area (Å²) in [4.78, 5) is 23.0. The molecule has 28 heavy (non-hydrogen) atoms. The lowest BCUT2D eigenvalue weighted by atomic mass is 10.2. The number of nitrogens with zero attached hydrogens (tertiary/aromatic N) is 4. The molecule has 0 unspecified atom stereocenters. The molecule has 142 valence electrons. The predicted octanol–water partition coefficient (Wildman–Crippen LogP) is 3.23. The topological polar surface area (TPSA) is 98.6 Å². The van der Waals surface area contributed by atoms with E-state index >= 15 is 0 Å². The van der Waals surface area contributed by atoms with Crippen LogP contribution >= 0.6 is 11.6 Å². The molecule has 3 aromatic rings. The van der Waals surface area contributed by atoms with Gasteiger partial charge in [-0.2, -0.15) is 14.5 Å². The summed E-state index contributed by atoms with van der Waals surface area (Å²) in [5, 5.41) is 3.74. The molecule has 0 atom stereocenters. The van der Waals surface area contributed by atoms with Crippen molar-refractivity contribution in [3.63, 3.8) is 0 Å². The first-order valence-corrected chi connectivity index (χ1v) is 8.22. The fourth-order valence-corrected chi connectivity index (χ4v) is 2.21. The van der Waals surface area contributed by atoms with Gasteiger partial charge in [0, 0.05) is 12.4 Å². The number of carbonyl (C=O) groups excluding carboxylic acids is 1. The summed E-state index contributed by atoms with van der Waals surface area (Å²) in [6.45, 7) is 0. The van der Waals surface area contributed by atoms with Crippen LogP contribution in [0.3, 0.4) is 0 Å². The zero-order valence-electron chi connectivity index (χ0n) is 14.5. The lowest BCUT2D eigenvalue weighted by Crippen LogP contribution is -2.17. The average Bonchev–Trinajstić information content (AvgIpc) is 2.72. The summed E-state index contributed by atoms with van der Waals surface area (Å²) in [5.41, 5.74) is 3.38. The molecule has 0 aliphatic carbocycles. The first-order chi connectivity index (χ1) is 13.6. The molecule has 0 bridgehead atoms. The summed E-state index contributed by atoms with van der Waals surface area (Å²) < 4.78 is 24.4. The molecule has 0 fully saturated rings. The Hall–Kier alpha value is -3.59. The number of pyridine rings is 1. The molecule has 0 aliphatic heterocycles. The van der Waals surface area contributed by atoms with E-state index in [4.69, 9.17) is 21.1 Å². The van der Waals surface area contributed by atoms with Crippen LogP contribution in [0.2, 0.25) is 5.28 Å². The van der Waals surface area contributed by atoms with Crippen molar-refractivity contribution in [2.45, 2.75) is 0 Å². The molecule has 1 N–H and O–H groups in total. The van der Waals surface area contributed by atoms with Gasteiger partial charge in [0.2, 0.25) is 11.1 Å². The number of hydrazone groups is 1. The van der Waals surface area contributed by atoms with E-state index in [1.807, 2.05) is 0 Å². The molecule has 2 heterocycles. The lowest BCUT2D eigenvalue weighted by molar-refractivity contribution is 0.0955. The van der Waals surface area contributed by atoms with Crippen LogP contribution in [0.1, 0.15) is 15.9 Å². The normalized spacial score (nSPS) is 10.7. The lowest BCUT2D eigenvalue weighted by Gasteiger charge is -2.10. The number of amides is 1. The third-order valence-electron chi connectivity index (χ3n) is 3.38. The molecule has 2 aromatic heterocycles. The van der Waals surface area contributed by atoms with Gasteiger partial charge in [0.15, 0.2) is 11.5 Å². The van der Waals surface area contributed by atoms with E-state index in [1.54, 1.807) is 36.5 Å². The summed E-state index contributed by atoms with van der Waals surface area (Å²) in [6.07, 6.45) is 5.32. The van der Waals surface area contributed by atoms with Crippen LogP contribution in [-0.4, -0.2) is 34.2 Å². The van der Waals surface area contributed by atoms with E-state index < -0.39 is 11.7 Å². The van der Waals surface area contributed by atoms with Gasteiger partial charge in [0.1, 0.15) is 0 Å². The second-order valence-corrected chi connectivity index (χ2v) is 5.58. The van der Waals surface area contributed by atoms with E-state index in [9.17, 15) is 9.18 Å². The van der Waals surface area contributed by atoms with E-state index in [2.05, 4.69) is 25.5 Å². The van der Waals surface area contributed by atoms with Gasteiger partial charge in [-0.05, 0) is 47.5 Å². The number of nitrogens with one attached hydrogen (secondary N) is 1. The van der Waals surface area contributed by atoms with Crippen LogP contribution in [0.5, 0.6) is 17.4 Å². The van der Waals surface area contributed by atoms with Gasteiger partial charge in [-0.1, -0.05) is 0 Å². The van der Waals surface area contributed by atoms with Crippen molar-refractivity contribution in [3.8, 4) is 17.4 Å². The minimum atomic E-state index is -0.768. The molecule has 8 nitrogen and oxygen atoms in total. The molecule has 0 radical (unpaired) electrons. The van der Waals surface area contributed by atoms with E-state index in [0.717, 1.165) is 6.20 Å². The number of rotatable bonds is 6. The van der Waals surface area contributed by atoms with Crippen molar-refractivity contribution in [3.05, 3.63) is 71.2 Å². The fourth-order valence-electron chi connectivity index (χ4n) is 2.08. The highest BCUT2D eigenvalue weighted by atomic mass is 35.5. The molecule has 0 saturated carbocycles. The van der Waals surface area contributed by atoms with Crippen molar-refractivity contribution < 1.29 is 18.7 Å². The predicted molar refractivity (Wildman–Crippen MR) is 99.4 cm³/mol. The zero-order chi connectivity index (χ0) is 19.9. The first kappa shape index (κ1) is 19.2. The third-order valence-corrected chi connectivity index (χ3v) is 3.56. The highest BCUT2D eigenvalue weighted by Crippen LogP contribution is 2.32. The number of hydrogen-bond donors (Lipinski definition) is 1. The Bertz CT molecular complexity index is 1020. The molecule has 10 heteroatoms. The van der Waals surface area contributed by atoms with Gasteiger partial charge in [0.25, 0.3) is 11.8 Å². The highest BCUT2D eigenvalue weighted by molar-refractivity contribution is 6.28. The van der Waals surface area contributed by atoms with Gasteiger partial charge in [-0.25, -0.2) is 10.4 Å². The standard InChI is InChI=1S/C18H13ClFN5O3/c1-27-15-7-11(8-23-25-16(26)12-3-2-6-21-9-12)4-5-14(15)28-17-13(20)10-22-18(19)24-17/h2-10H,1H3,(H,25,26). The van der Waals surface area contributed by atoms with Crippen molar-refractivity contribution >= 4 is 23.7 Å². The average molecular weight is 402 g/mol. The van der Waals surface area contributed by atoms with Crippen molar-refractivity contribution in [2.75, 3.05) is 7.11 Å². The van der Waals surface area contributed by atoms with Crippen LogP contribution in [0, 0.1) is 5.82 Å². The van der Waals surface area contributed by atoms with Crippen LogP contribution < -0.4 is 14.9 Å². The van der Waals surface area contributed by atoms with E-state index in [0.29, 0.717) is 16.9 Å². The molecule has 0 aliphatic rings. The van der Waals surface area contributed by atoms with E-state index in [1.165, 1.54) is 19.5 Å². The molecule has 1 aromatic carbocycles. The quantitative estimate of drug-likeness (QED) is 0.387. The van der Waals surface area contributed by atoms with E-state index in [-0.39, 0.29) is 16.9 Å². The molecule has 3 rings (SSSR count). The van der Waals surface area contributed by atoms with Gasteiger partial charge in [-0.15, -0.1) is 0 Å². The zero-order valence-corrected chi connectivity index (χ0v) is 15.2. The van der Waals surface area contributed by atoms with Gasteiger partial charge in [-0.3, -0.25) is 9.78 Å². The van der Waals surface area contributed by atoms with Crippen LogP contribution in [-0.2, 0) is 0 Å². The van der Waals surface area contributed by atoms with Gasteiger partial charge in [0.05, 0.1) is 25.1 Å². The Balaban J connectivity index is 1.72. The maximum absolute atomic E-state index is 13.7. The first-order valence-electron chi connectivity index (χ1n) is 7.84. The van der Waals surface area contributed by atoms with Crippen LogP contribution in [0.25, 0.3) is 0 Å². The number of aromatic nitrogens is 3. The number of benzene rings is 1. The molecular weight excluding hydrogens is 389 g/mol. The summed E-state index contributed by atoms with van der Waals surface area (Å²) in [5.74, 6) is -0.976. The number of carbonyl (C=O) groups is 1. The molecule has 0 spiro atoms. The third kappa shape index (κ3) is 4.77. The SMILES string of the molecule is COc1cc(C=NNC(=O)c2cccnc2)ccc1Oc1nc(Cl)ncc1F. The highest BCUT2D eigenvalue weighted by Gasteiger charge is 2.12. The summed E-state index contributed by atoms with van der Waals surface area (Å²) in [6, 6.07) is 8.04. The van der Waals surface area contributed by atoms with Crippen LogP contribution in [0.4, 0.5) is 4.39 Å². The Morgan fingerprint density at radius 1 is 1.29 bits per heavy atom. The second-order valence-electron chi connectivity index (χ2n) is 5.25. The second kappa shape index (κ2) is 8.87. The summed E-state index contributed by atoms with van der Waals surface area (Å²) in [7, 11) is 1.43. The van der Waals surface area contributed by atoms with Crippen molar-refractivity contribution in [1.82, 2.24) is 20.4 Å². The Kier molecular flexibility index (Phi) is 6.07. The fraction of sp³-hybridized carbons (Fsp3) is 0.0556. The minimum absolute atomic E-state index is 0.150. The molecule has 0 saturated heterocycles.